The van der Waals surface area contributed by atoms with E-state index in [1.54, 1.807) is 23.6 Å². The van der Waals surface area contributed by atoms with Gasteiger partial charge >= 0.3 is 11.8 Å². The van der Waals surface area contributed by atoms with Crippen molar-refractivity contribution in [3.63, 3.8) is 0 Å². The quantitative estimate of drug-likeness (QED) is 0.236. The smallest absolute Gasteiger partial charge is 0.358 e. The Bertz CT molecular complexity index is 1090. The fraction of sp³-hybridized carbons (Fsp3) is 0.150. The maximum Gasteiger partial charge on any atom is 0.381 e. The van der Waals surface area contributed by atoms with E-state index in [0.29, 0.717) is 22.7 Å². The molecule has 1 heterocycles. The number of rotatable bonds is 6. The van der Waals surface area contributed by atoms with Crippen molar-refractivity contribution in [1.82, 2.24) is 9.55 Å². The molecule has 0 amide bonds. The van der Waals surface area contributed by atoms with Gasteiger partial charge in [-0.25, -0.2) is 4.79 Å². The fourth-order valence-electron chi connectivity index (χ4n) is 2.66. The highest BCUT2D eigenvalue weighted by molar-refractivity contribution is 9.10. The Morgan fingerprint density at radius 1 is 1.21 bits per heavy atom. The molecule has 0 saturated carbocycles. The van der Waals surface area contributed by atoms with E-state index in [1.807, 2.05) is 43.3 Å². The molecule has 29 heavy (non-hydrogen) atoms. The van der Waals surface area contributed by atoms with Crippen LogP contribution in [0, 0.1) is 24.0 Å². The molecule has 0 N–H and O–H groups in total. The number of nitro groups is 1. The zero-order chi connectivity index (χ0) is 21.0. The molecule has 0 radical (unpaired) electrons. The topological polar surface area (TPSA) is 99.6 Å². The molecule has 0 aliphatic carbocycles. The number of halogens is 1. The van der Waals surface area contributed by atoms with Crippen LogP contribution in [0.25, 0.3) is 0 Å². The van der Waals surface area contributed by atoms with E-state index >= 15 is 0 Å². The monoisotopic (exact) mass is 456 g/mol. The molecule has 0 fully saturated rings. The number of aryl methyl sites for hydroxylation is 2. The second kappa shape index (κ2) is 8.78. The number of aromatic nitrogens is 2. The van der Waals surface area contributed by atoms with Crippen LogP contribution in [-0.2, 0) is 11.4 Å². The van der Waals surface area contributed by atoms with Crippen LogP contribution in [0.5, 0.6) is 0 Å². The standard InChI is InChI=1S/C20H17BrN4O4/c1-13-5-3-4-6-17(13)20(26)29-23-18(15-7-9-16(21)10-8-15)11-24-12-19(25(27)28)22-14(24)2/h3-10,12H,11H2,1-2H3/b23-18-. The summed E-state index contributed by atoms with van der Waals surface area (Å²) in [5, 5.41) is 15.1. The summed E-state index contributed by atoms with van der Waals surface area (Å²) in [6.07, 6.45) is 1.33. The average molecular weight is 457 g/mol. The highest BCUT2D eigenvalue weighted by Gasteiger charge is 2.18. The molecule has 0 saturated heterocycles. The normalized spacial score (nSPS) is 11.3. The van der Waals surface area contributed by atoms with Gasteiger partial charge in [0.2, 0.25) is 5.82 Å². The molecule has 0 spiro atoms. The fourth-order valence-corrected chi connectivity index (χ4v) is 2.93. The molecular weight excluding hydrogens is 440 g/mol. The molecule has 0 aliphatic heterocycles. The third-order valence-corrected chi connectivity index (χ3v) is 4.78. The Morgan fingerprint density at radius 2 is 1.90 bits per heavy atom. The highest BCUT2D eigenvalue weighted by Crippen LogP contribution is 2.16. The maximum absolute atomic E-state index is 12.4. The lowest BCUT2D eigenvalue weighted by atomic mass is 10.1. The van der Waals surface area contributed by atoms with Crippen LogP contribution < -0.4 is 0 Å². The first kappa shape index (κ1) is 20.4. The second-order valence-corrected chi connectivity index (χ2v) is 7.19. The minimum Gasteiger partial charge on any atom is -0.358 e. The van der Waals surface area contributed by atoms with Gasteiger partial charge in [-0.15, -0.1) is 0 Å². The molecular formula is C20H17BrN4O4. The van der Waals surface area contributed by atoms with Gasteiger partial charge in [0, 0.05) is 17.0 Å². The highest BCUT2D eigenvalue weighted by atomic mass is 79.9. The van der Waals surface area contributed by atoms with Gasteiger partial charge in [-0.1, -0.05) is 51.4 Å². The first-order valence-electron chi connectivity index (χ1n) is 8.63. The summed E-state index contributed by atoms with van der Waals surface area (Å²) in [5.41, 5.74) is 2.33. The number of oxime groups is 1. The van der Waals surface area contributed by atoms with E-state index < -0.39 is 10.9 Å². The van der Waals surface area contributed by atoms with Crippen LogP contribution in [0.1, 0.15) is 27.3 Å². The summed E-state index contributed by atoms with van der Waals surface area (Å²) < 4.78 is 2.47. The second-order valence-electron chi connectivity index (χ2n) is 6.27. The van der Waals surface area contributed by atoms with Crippen molar-refractivity contribution < 1.29 is 14.6 Å². The number of nitrogens with zero attached hydrogens (tertiary/aromatic N) is 4. The first-order chi connectivity index (χ1) is 13.8. The van der Waals surface area contributed by atoms with Gasteiger partial charge in [0.15, 0.2) is 0 Å². The van der Waals surface area contributed by atoms with Crippen molar-refractivity contribution in [3.8, 4) is 0 Å². The van der Waals surface area contributed by atoms with E-state index in [1.165, 1.54) is 6.20 Å². The van der Waals surface area contributed by atoms with Gasteiger partial charge in [-0.05, 0) is 40.6 Å². The van der Waals surface area contributed by atoms with Crippen molar-refractivity contribution >= 4 is 33.4 Å². The predicted molar refractivity (Wildman–Crippen MR) is 111 cm³/mol. The van der Waals surface area contributed by atoms with Crippen molar-refractivity contribution in [2.45, 2.75) is 20.4 Å². The largest absolute Gasteiger partial charge is 0.381 e. The third kappa shape index (κ3) is 4.94. The lowest BCUT2D eigenvalue weighted by Crippen LogP contribution is -2.14. The van der Waals surface area contributed by atoms with Crippen LogP contribution in [0.15, 0.2) is 64.4 Å². The molecule has 8 nitrogen and oxygen atoms in total. The van der Waals surface area contributed by atoms with Crippen LogP contribution in [0.2, 0.25) is 0 Å². The van der Waals surface area contributed by atoms with E-state index in [9.17, 15) is 14.9 Å². The molecule has 148 valence electrons. The molecule has 0 atom stereocenters. The molecule has 3 rings (SSSR count). The minimum absolute atomic E-state index is 0.148. The number of benzene rings is 2. The Hall–Kier alpha value is -3.33. The molecule has 9 heteroatoms. The van der Waals surface area contributed by atoms with E-state index in [-0.39, 0.29) is 12.4 Å². The van der Waals surface area contributed by atoms with E-state index in [2.05, 4.69) is 26.1 Å². The van der Waals surface area contributed by atoms with Crippen LogP contribution in [0.4, 0.5) is 5.82 Å². The first-order valence-corrected chi connectivity index (χ1v) is 9.42. The lowest BCUT2D eigenvalue weighted by molar-refractivity contribution is -0.389. The van der Waals surface area contributed by atoms with Crippen LogP contribution >= 0.6 is 15.9 Å². The minimum atomic E-state index is -0.578. The van der Waals surface area contributed by atoms with Crippen molar-refractivity contribution in [2.24, 2.45) is 5.16 Å². The molecule has 2 aromatic carbocycles. The number of imidazole rings is 1. The van der Waals surface area contributed by atoms with E-state index in [4.69, 9.17) is 4.84 Å². The number of carbonyl (C=O) groups excluding carboxylic acids is 1. The van der Waals surface area contributed by atoms with Gasteiger partial charge in [0.25, 0.3) is 0 Å². The van der Waals surface area contributed by atoms with Gasteiger partial charge in [-0.3, -0.25) is 0 Å². The van der Waals surface area contributed by atoms with Gasteiger partial charge in [0.05, 0.1) is 12.1 Å². The molecule has 0 unspecified atom stereocenters. The summed E-state index contributed by atoms with van der Waals surface area (Å²) >= 11 is 3.38. The Labute approximate surface area is 175 Å². The number of hydrogen-bond acceptors (Lipinski definition) is 6. The average Bonchev–Trinajstić information content (AvgIpc) is 3.07. The van der Waals surface area contributed by atoms with Crippen LogP contribution in [-0.4, -0.2) is 26.2 Å². The molecule has 1 aromatic heterocycles. The van der Waals surface area contributed by atoms with Gasteiger partial charge < -0.3 is 19.5 Å². The van der Waals surface area contributed by atoms with Crippen molar-refractivity contribution in [1.29, 1.82) is 0 Å². The third-order valence-electron chi connectivity index (χ3n) is 4.25. The predicted octanol–water partition coefficient (Wildman–Crippen LogP) is 4.43. The summed E-state index contributed by atoms with van der Waals surface area (Å²) in [6.45, 7) is 3.62. The summed E-state index contributed by atoms with van der Waals surface area (Å²) in [5.74, 6) is -0.382. The zero-order valence-electron chi connectivity index (χ0n) is 15.7. The SMILES string of the molecule is Cc1ccccc1C(=O)O/N=C(/Cn1cc([N+](=O)[O-])nc1C)c1ccc(Br)cc1. The summed E-state index contributed by atoms with van der Waals surface area (Å²) in [6, 6.07) is 14.3. The van der Waals surface area contributed by atoms with Gasteiger partial charge in [0.1, 0.15) is 11.9 Å². The molecule has 3 aromatic rings. The Morgan fingerprint density at radius 3 is 2.52 bits per heavy atom. The summed E-state index contributed by atoms with van der Waals surface area (Å²) in [4.78, 5) is 32.0. The Balaban J connectivity index is 1.92. The summed E-state index contributed by atoms with van der Waals surface area (Å²) in [7, 11) is 0. The number of hydrogen-bond donors (Lipinski definition) is 0. The molecule has 0 bridgehead atoms. The number of carbonyl (C=O) groups is 1. The zero-order valence-corrected chi connectivity index (χ0v) is 17.3. The van der Waals surface area contributed by atoms with Crippen molar-refractivity contribution in [2.75, 3.05) is 0 Å². The van der Waals surface area contributed by atoms with E-state index in [0.717, 1.165) is 10.0 Å². The Kier molecular flexibility index (Phi) is 6.18. The lowest BCUT2D eigenvalue weighted by Gasteiger charge is -2.08. The molecule has 0 aliphatic rings. The van der Waals surface area contributed by atoms with Gasteiger partial charge in [-0.2, -0.15) is 0 Å². The maximum atomic E-state index is 12.4. The van der Waals surface area contributed by atoms with Crippen molar-refractivity contribution in [3.05, 3.63) is 91.8 Å². The van der Waals surface area contributed by atoms with Crippen LogP contribution in [0.3, 0.4) is 0 Å².